The number of amides is 1. The number of piperidine rings is 1. The standard InChI is InChI=1S/C22H25N5O2/c1-25(15-17-9-3-6-12-20(17)26-13-7-2-8-14-26)21(28)16-27-22(29)18-10-4-5-11-19(18)23-24-27/h3-6,9-12H,2,7-8,13-16H2,1H3. The molecule has 4 rings (SSSR count). The maximum absolute atomic E-state index is 12.8. The van der Waals surface area contributed by atoms with Crippen molar-refractivity contribution in [2.75, 3.05) is 25.0 Å². The molecule has 1 aliphatic heterocycles. The van der Waals surface area contributed by atoms with E-state index in [0.717, 1.165) is 23.3 Å². The molecule has 1 fully saturated rings. The number of aromatic nitrogens is 3. The van der Waals surface area contributed by atoms with Gasteiger partial charge in [0, 0.05) is 32.4 Å². The lowest BCUT2D eigenvalue weighted by atomic mass is 10.1. The Balaban J connectivity index is 1.50. The summed E-state index contributed by atoms with van der Waals surface area (Å²) in [5.74, 6) is -0.176. The van der Waals surface area contributed by atoms with Gasteiger partial charge >= 0.3 is 0 Å². The molecule has 2 heterocycles. The Morgan fingerprint density at radius 3 is 2.59 bits per heavy atom. The minimum atomic E-state index is -0.300. The van der Waals surface area contributed by atoms with E-state index >= 15 is 0 Å². The predicted molar refractivity (Wildman–Crippen MR) is 113 cm³/mol. The summed E-state index contributed by atoms with van der Waals surface area (Å²) in [6.07, 6.45) is 3.68. The number of fused-ring (bicyclic) bond motifs is 1. The van der Waals surface area contributed by atoms with Crippen molar-refractivity contribution in [1.29, 1.82) is 0 Å². The third kappa shape index (κ3) is 4.13. The largest absolute Gasteiger partial charge is 0.371 e. The second kappa shape index (κ2) is 8.43. The Kier molecular flexibility index (Phi) is 5.55. The highest BCUT2D eigenvalue weighted by Gasteiger charge is 2.18. The highest BCUT2D eigenvalue weighted by molar-refractivity contribution is 5.78. The van der Waals surface area contributed by atoms with E-state index in [4.69, 9.17) is 0 Å². The Hall–Kier alpha value is -3.22. The van der Waals surface area contributed by atoms with Crippen LogP contribution in [0, 0.1) is 0 Å². The summed E-state index contributed by atoms with van der Waals surface area (Å²) in [5, 5.41) is 8.44. The zero-order valence-corrected chi connectivity index (χ0v) is 16.6. The molecular weight excluding hydrogens is 366 g/mol. The highest BCUT2D eigenvalue weighted by Crippen LogP contribution is 2.25. The van der Waals surface area contributed by atoms with E-state index in [1.54, 1.807) is 36.2 Å². The van der Waals surface area contributed by atoms with E-state index in [1.807, 2.05) is 12.1 Å². The summed E-state index contributed by atoms with van der Waals surface area (Å²) in [7, 11) is 1.76. The van der Waals surface area contributed by atoms with Crippen LogP contribution in [0.5, 0.6) is 0 Å². The summed E-state index contributed by atoms with van der Waals surface area (Å²) >= 11 is 0. The smallest absolute Gasteiger partial charge is 0.278 e. The molecule has 3 aromatic rings. The van der Waals surface area contributed by atoms with Crippen molar-refractivity contribution < 1.29 is 4.79 Å². The Morgan fingerprint density at radius 1 is 1.03 bits per heavy atom. The van der Waals surface area contributed by atoms with Gasteiger partial charge in [-0.25, -0.2) is 4.68 Å². The molecule has 150 valence electrons. The van der Waals surface area contributed by atoms with E-state index in [0.29, 0.717) is 17.4 Å². The molecule has 0 N–H and O–H groups in total. The zero-order chi connectivity index (χ0) is 20.2. The van der Waals surface area contributed by atoms with Gasteiger partial charge in [-0.3, -0.25) is 9.59 Å². The van der Waals surface area contributed by atoms with Gasteiger partial charge in [0.1, 0.15) is 12.1 Å². The molecule has 1 aliphatic rings. The van der Waals surface area contributed by atoms with Crippen LogP contribution in [0.3, 0.4) is 0 Å². The van der Waals surface area contributed by atoms with Crippen molar-refractivity contribution in [3.63, 3.8) is 0 Å². The summed E-state index contributed by atoms with van der Waals surface area (Å²) in [6.45, 7) is 2.47. The van der Waals surface area contributed by atoms with Gasteiger partial charge in [-0.1, -0.05) is 35.5 Å². The lowest BCUT2D eigenvalue weighted by Gasteiger charge is -2.31. The van der Waals surface area contributed by atoms with Crippen LogP contribution in [-0.2, 0) is 17.9 Å². The lowest BCUT2D eigenvalue weighted by Crippen LogP contribution is -2.36. The number of hydrogen-bond acceptors (Lipinski definition) is 5. The molecule has 7 nitrogen and oxygen atoms in total. The van der Waals surface area contributed by atoms with Crippen LogP contribution >= 0.6 is 0 Å². The second-order valence-electron chi connectivity index (χ2n) is 7.50. The molecule has 0 saturated carbocycles. The number of likely N-dealkylation sites (N-methyl/N-ethyl adjacent to an activating group) is 1. The van der Waals surface area contributed by atoms with E-state index in [-0.39, 0.29) is 18.0 Å². The molecule has 0 unspecified atom stereocenters. The van der Waals surface area contributed by atoms with Crippen LogP contribution in [0.2, 0.25) is 0 Å². The fourth-order valence-corrected chi connectivity index (χ4v) is 3.81. The van der Waals surface area contributed by atoms with Gasteiger partial charge in [0.25, 0.3) is 5.56 Å². The van der Waals surface area contributed by atoms with Gasteiger partial charge in [-0.05, 0) is 43.0 Å². The molecular formula is C22H25N5O2. The number of rotatable bonds is 5. The Bertz CT molecular complexity index is 1070. The first-order valence-electron chi connectivity index (χ1n) is 10.0. The second-order valence-corrected chi connectivity index (χ2v) is 7.50. The third-order valence-electron chi connectivity index (χ3n) is 5.44. The third-order valence-corrected chi connectivity index (χ3v) is 5.44. The van der Waals surface area contributed by atoms with Crippen molar-refractivity contribution in [3.8, 4) is 0 Å². The monoisotopic (exact) mass is 391 g/mol. The summed E-state index contributed by atoms with van der Waals surface area (Å²) in [4.78, 5) is 29.4. The summed E-state index contributed by atoms with van der Waals surface area (Å²) < 4.78 is 1.14. The van der Waals surface area contributed by atoms with Crippen LogP contribution in [0.4, 0.5) is 5.69 Å². The molecule has 1 amide bonds. The number of benzene rings is 2. The number of carbonyl (C=O) groups excluding carboxylic acids is 1. The van der Waals surface area contributed by atoms with Crippen LogP contribution in [-0.4, -0.2) is 45.9 Å². The molecule has 0 atom stereocenters. The molecule has 2 aromatic carbocycles. The van der Waals surface area contributed by atoms with Gasteiger partial charge in [-0.15, -0.1) is 5.10 Å². The van der Waals surface area contributed by atoms with Crippen molar-refractivity contribution in [1.82, 2.24) is 19.9 Å². The number of hydrogen-bond donors (Lipinski definition) is 0. The first-order chi connectivity index (χ1) is 14.1. The highest BCUT2D eigenvalue weighted by atomic mass is 16.2. The molecule has 0 bridgehead atoms. The first-order valence-corrected chi connectivity index (χ1v) is 10.0. The first kappa shape index (κ1) is 19.1. The quantitative estimate of drug-likeness (QED) is 0.668. The molecule has 1 aromatic heterocycles. The van der Waals surface area contributed by atoms with Crippen LogP contribution in [0.1, 0.15) is 24.8 Å². The van der Waals surface area contributed by atoms with Crippen molar-refractivity contribution >= 4 is 22.5 Å². The van der Waals surface area contributed by atoms with Gasteiger partial charge in [0.15, 0.2) is 0 Å². The van der Waals surface area contributed by atoms with Crippen molar-refractivity contribution in [2.24, 2.45) is 0 Å². The Labute approximate surface area is 169 Å². The van der Waals surface area contributed by atoms with Crippen LogP contribution < -0.4 is 10.5 Å². The minimum Gasteiger partial charge on any atom is -0.371 e. The lowest BCUT2D eigenvalue weighted by molar-refractivity contribution is -0.131. The molecule has 7 heteroatoms. The van der Waals surface area contributed by atoms with Gasteiger partial charge in [0.2, 0.25) is 5.91 Å². The molecule has 0 radical (unpaired) electrons. The summed E-state index contributed by atoms with van der Waals surface area (Å²) in [6, 6.07) is 15.3. The van der Waals surface area contributed by atoms with Gasteiger partial charge in [-0.2, -0.15) is 0 Å². The number of carbonyl (C=O) groups is 1. The molecule has 0 aliphatic carbocycles. The average molecular weight is 391 g/mol. The van der Waals surface area contributed by atoms with Crippen LogP contribution in [0.15, 0.2) is 53.3 Å². The molecule has 0 spiro atoms. The van der Waals surface area contributed by atoms with E-state index in [2.05, 4.69) is 27.3 Å². The fourth-order valence-electron chi connectivity index (χ4n) is 3.81. The normalized spacial score (nSPS) is 14.2. The maximum Gasteiger partial charge on any atom is 0.278 e. The van der Waals surface area contributed by atoms with Crippen molar-refractivity contribution in [3.05, 3.63) is 64.4 Å². The SMILES string of the molecule is CN(Cc1ccccc1N1CCCCC1)C(=O)Cn1nnc2ccccc2c1=O. The number of nitrogens with zero attached hydrogens (tertiary/aromatic N) is 5. The van der Waals surface area contributed by atoms with Gasteiger partial charge in [0.05, 0.1) is 5.39 Å². The molecule has 1 saturated heterocycles. The number of anilines is 1. The predicted octanol–water partition coefficient (Wildman–Crippen LogP) is 2.44. The van der Waals surface area contributed by atoms with E-state index in [9.17, 15) is 9.59 Å². The average Bonchev–Trinajstić information content (AvgIpc) is 2.77. The Morgan fingerprint density at radius 2 is 1.76 bits per heavy atom. The van der Waals surface area contributed by atoms with Crippen molar-refractivity contribution in [2.45, 2.75) is 32.4 Å². The summed E-state index contributed by atoms with van der Waals surface area (Å²) in [5.41, 5.74) is 2.53. The van der Waals surface area contributed by atoms with Gasteiger partial charge < -0.3 is 9.80 Å². The van der Waals surface area contributed by atoms with E-state index in [1.165, 1.54) is 24.9 Å². The fraction of sp³-hybridized carbons (Fsp3) is 0.364. The zero-order valence-electron chi connectivity index (χ0n) is 16.6. The number of para-hydroxylation sites is 1. The minimum absolute atomic E-state index is 0.126. The molecule has 29 heavy (non-hydrogen) atoms. The van der Waals surface area contributed by atoms with Crippen LogP contribution in [0.25, 0.3) is 10.9 Å². The topological polar surface area (TPSA) is 71.3 Å². The maximum atomic E-state index is 12.8. The van der Waals surface area contributed by atoms with E-state index < -0.39 is 0 Å².